The second-order valence-electron chi connectivity index (χ2n) is 8.78. The molecule has 0 saturated carbocycles. The molecule has 5 rings (SSSR count). The molecule has 0 N–H and O–H groups in total. The van der Waals surface area contributed by atoms with E-state index in [1.165, 1.54) is 0 Å². The third kappa shape index (κ3) is 4.06. The Bertz CT molecular complexity index is 1300. The molecule has 4 aromatic rings. The Morgan fingerprint density at radius 1 is 1.03 bits per heavy atom. The van der Waals surface area contributed by atoms with Gasteiger partial charge in [0, 0.05) is 57.5 Å². The number of amides is 1. The normalized spacial score (nSPS) is 13.6. The second-order valence-corrected chi connectivity index (χ2v) is 8.78. The molecule has 7 heteroatoms. The van der Waals surface area contributed by atoms with Gasteiger partial charge in [-0.3, -0.25) is 9.48 Å². The minimum absolute atomic E-state index is 0.124. The average molecular weight is 441 g/mol. The molecular weight excluding hydrogens is 412 g/mol. The molecule has 0 aliphatic carbocycles. The summed E-state index contributed by atoms with van der Waals surface area (Å²) >= 11 is 0. The molecule has 1 aliphatic rings. The smallest absolute Gasteiger partial charge is 0.253 e. The van der Waals surface area contributed by atoms with E-state index in [1.54, 1.807) is 0 Å². The summed E-state index contributed by atoms with van der Waals surface area (Å²) in [5.74, 6) is 0.812. The molecule has 1 amide bonds. The van der Waals surface area contributed by atoms with Gasteiger partial charge in [-0.25, -0.2) is 9.97 Å². The Hall–Kier alpha value is -3.74. The number of nitrogens with zero attached hydrogens (tertiary/aromatic N) is 6. The number of carbonyl (C=O) groups is 1. The fourth-order valence-electron chi connectivity index (χ4n) is 4.47. The summed E-state index contributed by atoms with van der Waals surface area (Å²) in [6.45, 7) is 1.72. The van der Waals surface area contributed by atoms with Gasteiger partial charge in [-0.1, -0.05) is 24.3 Å². The highest BCUT2D eigenvalue weighted by Gasteiger charge is 2.20. The van der Waals surface area contributed by atoms with E-state index in [-0.39, 0.29) is 5.91 Å². The lowest BCUT2D eigenvalue weighted by Gasteiger charge is -2.16. The van der Waals surface area contributed by atoms with Crippen LogP contribution in [0.5, 0.6) is 0 Å². The Balaban J connectivity index is 1.45. The number of anilines is 1. The highest BCUT2D eigenvalue weighted by molar-refractivity contribution is 5.94. The maximum Gasteiger partial charge on any atom is 0.253 e. The van der Waals surface area contributed by atoms with E-state index in [9.17, 15) is 4.79 Å². The summed E-state index contributed by atoms with van der Waals surface area (Å²) in [5, 5.41) is 4.73. The minimum Gasteiger partial charge on any atom is -0.377 e. The molecule has 1 aliphatic heterocycles. The van der Waals surface area contributed by atoms with Crippen molar-refractivity contribution in [1.29, 1.82) is 0 Å². The van der Waals surface area contributed by atoms with E-state index in [1.807, 2.05) is 79.4 Å². The van der Waals surface area contributed by atoms with E-state index in [0.29, 0.717) is 12.2 Å². The van der Waals surface area contributed by atoms with Gasteiger partial charge in [-0.05, 0) is 42.7 Å². The lowest BCUT2D eigenvalue weighted by atomic mass is 10.1. The van der Waals surface area contributed by atoms with Gasteiger partial charge in [-0.15, -0.1) is 0 Å². The van der Waals surface area contributed by atoms with Crippen LogP contribution in [0.2, 0.25) is 0 Å². The molecule has 3 heterocycles. The summed E-state index contributed by atoms with van der Waals surface area (Å²) < 4.78 is 1.83. The molecule has 1 fully saturated rings. The molecule has 168 valence electrons. The number of aryl methyl sites for hydroxylation is 1. The van der Waals surface area contributed by atoms with Gasteiger partial charge in [-0.2, -0.15) is 5.10 Å². The van der Waals surface area contributed by atoms with Gasteiger partial charge < -0.3 is 9.80 Å². The maximum atomic E-state index is 12.6. The Kier molecular flexibility index (Phi) is 5.54. The van der Waals surface area contributed by atoms with Crippen LogP contribution in [0.15, 0.2) is 54.7 Å². The topological polar surface area (TPSA) is 67.2 Å². The van der Waals surface area contributed by atoms with Crippen molar-refractivity contribution in [3.8, 4) is 11.4 Å². The van der Waals surface area contributed by atoms with Crippen LogP contribution in [0.25, 0.3) is 22.4 Å². The van der Waals surface area contributed by atoms with Gasteiger partial charge in [0.2, 0.25) is 0 Å². The second kappa shape index (κ2) is 8.65. The number of carbonyl (C=O) groups excluding carboxylic acids is 1. The Morgan fingerprint density at radius 2 is 1.76 bits per heavy atom. The molecule has 0 atom stereocenters. The zero-order chi connectivity index (χ0) is 22.9. The van der Waals surface area contributed by atoms with Crippen molar-refractivity contribution in [2.45, 2.75) is 19.3 Å². The highest BCUT2D eigenvalue weighted by Crippen LogP contribution is 2.29. The number of aromatic nitrogens is 4. The quantitative estimate of drug-likeness (QED) is 0.471. The summed E-state index contributed by atoms with van der Waals surface area (Å²) in [7, 11) is 5.95. The number of likely N-dealkylation sites (tertiary alicyclic amines) is 1. The van der Waals surface area contributed by atoms with Gasteiger partial charge in [0.25, 0.3) is 5.91 Å². The van der Waals surface area contributed by atoms with Crippen LogP contribution >= 0.6 is 0 Å². The predicted molar refractivity (Wildman–Crippen MR) is 130 cm³/mol. The van der Waals surface area contributed by atoms with Crippen LogP contribution < -0.4 is 4.90 Å². The standard InChI is InChI=1S/C26H28N6O/c1-30(2)22-9-5-4-8-20(22)25-27-17-23-24(28-25)21(29-31(23)3)16-18-10-12-19(13-11-18)26(33)32-14-6-7-15-32/h4-5,8-13,17H,6-7,14-16H2,1-3H3. The number of hydrogen-bond acceptors (Lipinski definition) is 5. The van der Waals surface area contributed by atoms with Crippen molar-refractivity contribution in [2.75, 3.05) is 32.1 Å². The predicted octanol–water partition coefficient (Wildman–Crippen LogP) is 3.92. The molecule has 7 nitrogen and oxygen atoms in total. The molecular formula is C26H28N6O. The van der Waals surface area contributed by atoms with E-state index in [2.05, 4.69) is 16.0 Å². The molecule has 33 heavy (non-hydrogen) atoms. The van der Waals surface area contributed by atoms with Crippen LogP contribution in [-0.2, 0) is 13.5 Å². The zero-order valence-electron chi connectivity index (χ0n) is 19.3. The molecule has 0 radical (unpaired) electrons. The minimum atomic E-state index is 0.124. The SMILES string of the molecule is CN(C)c1ccccc1-c1ncc2c(n1)c(Cc1ccc(C(=O)N3CCCC3)cc1)nn2C. The third-order valence-electron chi connectivity index (χ3n) is 6.25. The number of hydrogen-bond donors (Lipinski definition) is 0. The van der Waals surface area contributed by atoms with E-state index >= 15 is 0 Å². The van der Waals surface area contributed by atoms with Crippen molar-refractivity contribution in [3.63, 3.8) is 0 Å². The van der Waals surface area contributed by atoms with Crippen molar-refractivity contribution in [2.24, 2.45) is 7.05 Å². The van der Waals surface area contributed by atoms with Crippen molar-refractivity contribution < 1.29 is 4.79 Å². The van der Waals surface area contributed by atoms with E-state index < -0.39 is 0 Å². The molecule has 0 bridgehead atoms. The lowest BCUT2D eigenvalue weighted by Crippen LogP contribution is -2.27. The van der Waals surface area contributed by atoms with E-state index in [0.717, 1.165) is 65.0 Å². The Labute approximate surface area is 193 Å². The van der Waals surface area contributed by atoms with Crippen LogP contribution in [0.1, 0.15) is 34.5 Å². The van der Waals surface area contributed by atoms with Crippen LogP contribution in [0.3, 0.4) is 0 Å². The molecule has 2 aromatic heterocycles. The Morgan fingerprint density at radius 3 is 2.48 bits per heavy atom. The van der Waals surface area contributed by atoms with Crippen LogP contribution in [0, 0.1) is 0 Å². The third-order valence-corrected chi connectivity index (χ3v) is 6.25. The first kappa shape index (κ1) is 21.1. The summed E-state index contributed by atoms with van der Waals surface area (Å²) in [6.07, 6.45) is 4.68. The fourth-order valence-corrected chi connectivity index (χ4v) is 4.47. The molecule has 0 spiro atoms. The number of fused-ring (bicyclic) bond motifs is 1. The first-order valence-corrected chi connectivity index (χ1v) is 11.3. The molecule has 1 saturated heterocycles. The van der Waals surface area contributed by atoms with Gasteiger partial charge in [0.15, 0.2) is 5.82 Å². The number of rotatable bonds is 5. The van der Waals surface area contributed by atoms with Crippen molar-refractivity contribution in [1.82, 2.24) is 24.6 Å². The lowest BCUT2D eigenvalue weighted by molar-refractivity contribution is 0.0793. The monoisotopic (exact) mass is 440 g/mol. The van der Waals surface area contributed by atoms with Crippen molar-refractivity contribution >= 4 is 22.6 Å². The number of para-hydroxylation sites is 1. The summed E-state index contributed by atoms with van der Waals surface area (Å²) in [6, 6.07) is 16.0. The first-order valence-electron chi connectivity index (χ1n) is 11.3. The van der Waals surface area contributed by atoms with Gasteiger partial charge in [0.1, 0.15) is 11.0 Å². The average Bonchev–Trinajstić information content (AvgIpc) is 3.48. The fraction of sp³-hybridized carbons (Fsp3) is 0.308. The zero-order valence-corrected chi connectivity index (χ0v) is 19.3. The van der Waals surface area contributed by atoms with Gasteiger partial charge >= 0.3 is 0 Å². The molecule has 0 unspecified atom stereocenters. The van der Waals surface area contributed by atoms with Crippen molar-refractivity contribution in [3.05, 3.63) is 71.5 Å². The summed E-state index contributed by atoms with van der Waals surface area (Å²) in [5.41, 5.74) is 6.56. The first-order chi connectivity index (χ1) is 16.0. The van der Waals surface area contributed by atoms with E-state index in [4.69, 9.17) is 10.1 Å². The maximum absolute atomic E-state index is 12.6. The van der Waals surface area contributed by atoms with Crippen LogP contribution in [-0.4, -0.2) is 57.7 Å². The molecule has 2 aromatic carbocycles. The number of benzene rings is 2. The highest BCUT2D eigenvalue weighted by atomic mass is 16.2. The summed E-state index contributed by atoms with van der Waals surface area (Å²) in [4.78, 5) is 26.2. The van der Waals surface area contributed by atoms with Gasteiger partial charge in [0.05, 0.1) is 11.9 Å². The largest absolute Gasteiger partial charge is 0.377 e. The van der Waals surface area contributed by atoms with Crippen LogP contribution in [0.4, 0.5) is 5.69 Å².